The highest BCUT2D eigenvalue weighted by Gasteiger charge is 2.30. The number of hydrogen-bond donors (Lipinski definition) is 0. The molecule has 0 radical (unpaired) electrons. The predicted octanol–water partition coefficient (Wildman–Crippen LogP) is 4.10. The lowest BCUT2D eigenvalue weighted by atomic mass is 10.2. The number of aromatic nitrogens is 2. The first kappa shape index (κ1) is 14.5. The van der Waals surface area contributed by atoms with Crippen LogP contribution >= 0.6 is 11.3 Å². The topological polar surface area (TPSA) is 42.2 Å². The van der Waals surface area contributed by atoms with Crippen LogP contribution in [0.2, 0.25) is 0 Å². The summed E-state index contributed by atoms with van der Waals surface area (Å²) in [5.74, 6) is 1.07. The van der Waals surface area contributed by atoms with E-state index in [0.717, 1.165) is 17.0 Å². The molecule has 2 aromatic heterocycles. The molecule has 1 aromatic carbocycles. The molecule has 0 atom stereocenters. The maximum absolute atomic E-state index is 13.0. The Morgan fingerprint density at radius 1 is 1.17 bits per heavy atom. The van der Waals surface area contributed by atoms with Gasteiger partial charge in [-0.15, -0.1) is 11.3 Å². The lowest BCUT2D eigenvalue weighted by Crippen LogP contribution is -2.25. The summed E-state index contributed by atoms with van der Waals surface area (Å²) < 4.78 is 18.4. The maximum Gasteiger partial charge on any atom is 0.241 e. The molecule has 1 aliphatic carbocycles. The second kappa shape index (κ2) is 6.22. The first-order chi connectivity index (χ1) is 11.3. The normalized spacial score (nSPS) is 14.5. The Morgan fingerprint density at radius 3 is 2.70 bits per heavy atom. The number of nitrogens with zero attached hydrogens (tertiary/aromatic N) is 3. The van der Waals surface area contributed by atoms with Crippen LogP contribution in [0.25, 0.3) is 10.7 Å². The van der Waals surface area contributed by atoms with Crippen LogP contribution in [0.1, 0.15) is 24.3 Å². The van der Waals surface area contributed by atoms with Gasteiger partial charge in [-0.25, -0.2) is 4.39 Å². The van der Waals surface area contributed by atoms with E-state index in [-0.39, 0.29) is 5.82 Å². The summed E-state index contributed by atoms with van der Waals surface area (Å²) in [6.45, 7) is 1.39. The van der Waals surface area contributed by atoms with E-state index in [0.29, 0.717) is 24.3 Å². The van der Waals surface area contributed by atoms with Crippen molar-refractivity contribution in [3.8, 4) is 10.7 Å². The van der Waals surface area contributed by atoms with Crippen LogP contribution in [0, 0.1) is 5.82 Å². The van der Waals surface area contributed by atoms with Gasteiger partial charge in [-0.1, -0.05) is 23.4 Å². The van der Waals surface area contributed by atoms with Gasteiger partial charge < -0.3 is 4.52 Å². The molecule has 0 N–H and O–H groups in total. The highest BCUT2D eigenvalue weighted by atomic mass is 32.1. The molecule has 3 aromatic rings. The van der Waals surface area contributed by atoms with Crippen molar-refractivity contribution in [3.63, 3.8) is 0 Å². The standard InChI is InChI=1S/C17H16FN3OS/c18-13-5-3-12(4-6-13)10-21(14-7-8-14)11-16-19-17(20-22-16)15-2-1-9-23-15/h1-6,9,14H,7-8,10-11H2. The Bertz CT molecular complexity index is 766. The second-order valence-electron chi connectivity index (χ2n) is 5.75. The fourth-order valence-corrected chi connectivity index (χ4v) is 3.23. The molecular weight excluding hydrogens is 313 g/mol. The summed E-state index contributed by atoms with van der Waals surface area (Å²) in [5, 5.41) is 6.05. The van der Waals surface area contributed by atoms with Crippen LogP contribution in [0.4, 0.5) is 4.39 Å². The van der Waals surface area contributed by atoms with Crippen molar-refractivity contribution in [2.75, 3.05) is 0 Å². The first-order valence-corrected chi connectivity index (χ1v) is 8.51. The van der Waals surface area contributed by atoms with Crippen molar-refractivity contribution >= 4 is 11.3 Å². The average Bonchev–Trinajstić information content (AvgIpc) is 3.07. The van der Waals surface area contributed by atoms with Gasteiger partial charge in [0.25, 0.3) is 0 Å². The first-order valence-electron chi connectivity index (χ1n) is 7.63. The molecule has 0 spiro atoms. The predicted molar refractivity (Wildman–Crippen MR) is 86.3 cm³/mol. The van der Waals surface area contributed by atoms with E-state index in [1.165, 1.54) is 25.0 Å². The lowest BCUT2D eigenvalue weighted by molar-refractivity contribution is 0.209. The molecule has 23 heavy (non-hydrogen) atoms. The van der Waals surface area contributed by atoms with Crippen molar-refractivity contribution in [1.29, 1.82) is 0 Å². The van der Waals surface area contributed by atoms with Crippen LogP contribution in [0.15, 0.2) is 46.3 Å². The van der Waals surface area contributed by atoms with E-state index in [9.17, 15) is 4.39 Å². The summed E-state index contributed by atoms with van der Waals surface area (Å²) in [6.07, 6.45) is 2.38. The van der Waals surface area contributed by atoms with Crippen LogP contribution < -0.4 is 0 Å². The Morgan fingerprint density at radius 2 is 2.00 bits per heavy atom. The minimum atomic E-state index is -0.204. The number of halogens is 1. The fourth-order valence-electron chi connectivity index (χ4n) is 2.58. The molecule has 118 valence electrons. The second-order valence-corrected chi connectivity index (χ2v) is 6.70. The Kier molecular flexibility index (Phi) is 3.93. The van der Waals surface area contributed by atoms with Gasteiger partial charge in [-0.05, 0) is 42.0 Å². The SMILES string of the molecule is Fc1ccc(CN(Cc2nc(-c3cccs3)no2)C2CC2)cc1. The van der Waals surface area contributed by atoms with E-state index in [2.05, 4.69) is 15.0 Å². The van der Waals surface area contributed by atoms with E-state index in [1.54, 1.807) is 11.3 Å². The summed E-state index contributed by atoms with van der Waals surface area (Å²) in [6, 6.07) is 11.2. The molecule has 4 rings (SSSR count). The van der Waals surface area contributed by atoms with Crippen molar-refractivity contribution in [2.24, 2.45) is 0 Å². The van der Waals surface area contributed by atoms with Crippen molar-refractivity contribution < 1.29 is 8.91 Å². The molecule has 0 unspecified atom stereocenters. The zero-order valence-electron chi connectivity index (χ0n) is 12.5. The Labute approximate surface area is 137 Å². The lowest BCUT2D eigenvalue weighted by Gasteiger charge is -2.19. The van der Waals surface area contributed by atoms with E-state index < -0.39 is 0 Å². The van der Waals surface area contributed by atoms with Gasteiger partial charge in [0, 0.05) is 12.6 Å². The van der Waals surface area contributed by atoms with Crippen LogP contribution in [-0.2, 0) is 13.1 Å². The third kappa shape index (κ3) is 3.48. The number of benzene rings is 1. The maximum atomic E-state index is 13.0. The van der Waals surface area contributed by atoms with Crippen LogP contribution in [0.3, 0.4) is 0 Å². The van der Waals surface area contributed by atoms with Gasteiger partial charge in [0.2, 0.25) is 11.7 Å². The fraction of sp³-hybridized carbons (Fsp3) is 0.294. The number of thiophene rings is 1. The van der Waals surface area contributed by atoms with Crippen LogP contribution in [0.5, 0.6) is 0 Å². The van der Waals surface area contributed by atoms with Crippen molar-refractivity contribution in [2.45, 2.75) is 32.0 Å². The zero-order chi connectivity index (χ0) is 15.6. The molecule has 0 saturated heterocycles. The number of rotatable bonds is 6. The minimum Gasteiger partial charge on any atom is -0.338 e. The smallest absolute Gasteiger partial charge is 0.241 e. The average molecular weight is 329 g/mol. The monoisotopic (exact) mass is 329 g/mol. The summed E-state index contributed by atoms with van der Waals surface area (Å²) >= 11 is 1.60. The van der Waals surface area contributed by atoms with Gasteiger partial charge in [-0.2, -0.15) is 4.98 Å². The van der Waals surface area contributed by atoms with E-state index >= 15 is 0 Å². The Hall–Kier alpha value is -2.05. The largest absolute Gasteiger partial charge is 0.338 e. The van der Waals surface area contributed by atoms with E-state index in [1.807, 2.05) is 29.6 Å². The summed E-state index contributed by atoms with van der Waals surface area (Å²) in [4.78, 5) is 7.82. The molecule has 1 fully saturated rings. The van der Waals surface area contributed by atoms with Gasteiger partial charge >= 0.3 is 0 Å². The molecular formula is C17H16FN3OS. The highest BCUT2D eigenvalue weighted by molar-refractivity contribution is 7.13. The molecule has 6 heteroatoms. The summed E-state index contributed by atoms with van der Waals surface area (Å²) in [7, 11) is 0. The third-order valence-electron chi connectivity index (χ3n) is 3.91. The van der Waals surface area contributed by atoms with Gasteiger partial charge in [0.15, 0.2) is 0 Å². The van der Waals surface area contributed by atoms with Crippen LogP contribution in [-0.4, -0.2) is 21.1 Å². The number of hydrogen-bond acceptors (Lipinski definition) is 5. The zero-order valence-corrected chi connectivity index (χ0v) is 13.3. The molecule has 4 nitrogen and oxygen atoms in total. The van der Waals surface area contributed by atoms with Crippen molar-refractivity contribution in [3.05, 3.63) is 59.0 Å². The molecule has 0 aliphatic heterocycles. The highest BCUT2D eigenvalue weighted by Crippen LogP contribution is 2.30. The molecule has 0 amide bonds. The van der Waals surface area contributed by atoms with Gasteiger partial charge in [0.05, 0.1) is 11.4 Å². The van der Waals surface area contributed by atoms with Crippen molar-refractivity contribution in [1.82, 2.24) is 15.0 Å². The Balaban J connectivity index is 1.47. The molecule has 2 heterocycles. The third-order valence-corrected chi connectivity index (χ3v) is 4.78. The summed E-state index contributed by atoms with van der Waals surface area (Å²) in [5.41, 5.74) is 1.09. The van der Waals surface area contributed by atoms with E-state index in [4.69, 9.17) is 4.52 Å². The van der Waals surface area contributed by atoms with Gasteiger partial charge in [0.1, 0.15) is 5.82 Å². The molecule has 1 saturated carbocycles. The molecule has 1 aliphatic rings. The molecule has 0 bridgehead atoms. The quantitative estimate of drug-likeness (QED) is 0.683. The minimum absolute atomic E-state index is 0.204. The van der Waals surface area contributed by atoms with Gasteiger partial charge in [-0.3, -0.25) is 4.90 Å².